The molecule has 0 unspecified atom stereocenters. The average molecular weight is 458 g/mol. The fraction of sp³-hybridized carbons (Fsp3) is 0.273. The lowest BCUT2D eigenvalue weighted by Crippen LogP contribution is -2.23. The molecule has 4 N–H and O–H groups in total. The van der Waals surface area contributed by atoms with Crippen LogP contribution in [-0.2, 0) is 13.0 Å². The molecular weight excluding hydrogens is 433 g/mol. The second-order valence-corrected chi connectivity index (χ2v) is 10.2. The molecule has 0 bridgehead atoms. The molecule has 0 spiro atoms. The van der Waals surface area contributed by atoms with E-state index in [1.807, 2.05) is 6.07 Å². The van der Waals surface area contributed by atoms with Gasteiger partial charge in [0.2, 0.25) is 5.95 Å². The second-order valence-electron chi connectivity index (χ2n) is 7.48. The van der Waals surface area contributed by atoms with E-state index < -0.39 is 7.92 Å². The van der Waals surface area contributed by atoms with Crippen LogP contribution in [0.15, 0.2) is 36.5 Å². The number of halogens is 1. The molecule has 2 heterocycles. The molecule has 0 saturated carbocycles. The van der Waals surface area contributed by atoms with Gasteiger partial charge in [-0.15, -0.1) is 0 Å². The van der Waals surface area contributed by atoms with E-state index in [9.17, 15) is 5.11 Å². The first-order valence-electron chi connectivity index (χ1n) is 9.92. The summed E-state index contributed by atoms with van der Waals surface area (Å²) in [6.07, 6.45) is 2.54. The van der Waals surface area contributed by atoms with Crippen LogP contribution >= 0.6 is 19.5 Å². The molecule has 0 amide bonds. The Kier molecular flexibility index (Phi) is 6.46. The first-order valence-corrected chi connectivity index (χ1v) is 12.5. The number of methoxy groups -OCH3 is 1. The van der Waals surface area contributed by atoms with E-state index in [0.717, 1.165) is 41.9 Å². The third kappa shape index (κ3) is 4.85. The van der Waals surface area contributed by atoms with E-state index in [1.54, 1.807) is 25.4 Å². The Morgan fingerprint density at radius 2 is 1.97 bits per heavy atom. The van der Waals surface area contributed by atoms with Crippen molar-refractivity contribution in [3.8, 4) is 11.5 Å². The van der Waals surface area contributed by atoms with Crippen LogP contribution in [0.3, 0.4) is 0 Å². The van der Waals surface area contributed by atoms with Gasteiger partial charge in [-0.3, -0.25) is 0 Å². The van der Waals surface area contributed by atoms with Crippen LogP contribution < -0.4 is 26.0 Å². The third-order valence-electron chi connectivity index (χ3n) is 5.12. The van der Waals surface area contributed by atoms with Gasteiger partial charge in [-0.05, 0) is 67.8 Å². The van der Waals surface area contributed by atoms with Gasteiger partial charge in [-0.25, -0.2) is 4.98 Å². The molecule has 0 atom stereocenters. The number of hydrogen-bond acceptors (Lipinski definition) is 7. The number of phenolic OH excluding ortho intramolecular Hbond substituents is 1. The summed E-state index contributed by atoms with van der Waals surface area (Å²) in [6.45, 7) is 6.04. The Bertz CT molecular complexity index is 1110. The number of nitrogens with one attached hydrogen (secondary N) is 3. The Morgan fingerprint density at radius 3 is 2.74 bits per heavy atom. The van der Waals surface area contributed by atoms with Crippen LogP contribution in [0.5, 0.6) is 11.5 Å². The molecule has 0 saturated heterocycles. The number of benzene rings is 2. The van der Waals surface area contributed by atoms with Crippen molar-refractivity contribution in [1.82, 2.24) is 15.3 Å². The van der Waals surface area contributed by atoms with Crippen LogP contribution in [-0.4, -0.2) is 42.1 Å². The van der Waals surface area contributed by atoms with Crippen LogP contribution in [0.1, 0.15) is 11.1 Å². The van der Waals surface area contributed by atoms with Crippen molar-refractivity contribution in [2.75, 3.05) is 37.6 Å². The molecule has 1 aliphatic rings. The number of aromatic hydroxyl groups is 1. The zero-order valence-corrected chi connectivity index (χ0v) is 19.3. The van der Waals surface area contributed by atoms with Crippen molar-refractivity contribution in [2.45, 2.75) is 13.0 Å². The highest BCUT2D eigenvalue weighted by molar-refractivity contribution is 7.64. The standard InChI is InChI=1S/C22H25ClN5O2P/c1-30-19-9-13-6-7-24-11-14(13)8-18(19)27-22-25-12-16(23)21(28-22)26-17-5-4-15(29)10-20(17)31(2)3/h4-5,8-10,12,24,29H,6-7,11H2,1-3H3,(H2,25,26,27,28). The van der Waals surface area contributed by atoms with Gasteiger partial charge in [0.05, 0.1) is 19.0 Å². The number of nitrogens with zero attached hydrogens (tertiary/aromatic N) is 2. The zero-order valence-electron chi connectivity index (χ0n) is 17.7. The van der Waals surface area contributed by atoms with E-state index in [-0.39, 0.29) is 5.75 Å². The monoisotopic (exact) mass is 457 g/mol. The molecule has 0 aliphatic carbocycles. The molecule has 31 heavy (non-hydrogen) atoms. The Labute approximate surface area is 188 Å². The number of anilines is 4. The minimum atomic E-state index is -0.445. The smallest absolute Gasteiger partial charge is 0.229 e. The van der Waals surface area contributed by atoms with Crippen molar-refractivity contribution < 1.29 is 9.84 Å². The lowest BCUT2D eigenvalue weighted by atomic mass is 10.00. The van der Waals surface area contributed by atoms with E-state index in [4.69, 9.17) is 16.3 Å². The maximum absolute atomic E-state index is 9.85. The van der Waals surface area contributed by atoms with Crippen molar-refractivity contribution in [2.24, 2.45) is 0 Å². The Balaban J connectivity index is 1.64. The van der Waals surface area contributed by atoms with E-state index in [1.165, 1.54) is 11.1 Å². The van der Waals surface area contributed by atoms with E-state index in [2.05, 4.69) is 51.4 Å². The summed E-state index contributed by atoms with van der Waals surface area (Å²) in [7, 11) is 1.21. The van der Waals surface area contributed by atoms with Gasteiger partial charge < -0.3 is 25.8 Å². The van der Waals surface area contributed by atoms with Gasteiger partial charge in [0.15, 0.2) is 5.82 Å². The molecule has 3 aromatic rings. The summed E-state index contributed by atoms with van der Waals surface area (Å²) in [5.41, 5.74) is 4.18. The number of fused-ring (bicyclic) bond motifs is 1. The molecule has 0 radical (unpaired) electrons. The second kappa shape index (κ2) is 9.27. The largest absolute Gasteiger partial charge is 0.508 e. The maximum atomic E-state index is 9.85. The summed E-state index contributed by atoms with van der Waals surface area (Å²) in [5, 5.41) is 21.2. The highest BCUT2D eigenvalue weighted by atomic mass is 35.5. The van der Waals surface area contributed by atoms with Crippen molar-refractivity contribution in [1.29, 1.82) is 0 Å². The minimum absolute atomic E-state index is 0.238. The van der Waals surface area contributed by atoms with Crippen LogP contribution in [0.2, 0.25) is 5.02 Å². The van der Waals surface area contributed by atoms with Crippen LogP contribution in [0, 0.1) is 0 Å². The number of hydrogen-bond donors (Lipinski definition) is 4. The molecule has 162 valence electrons. The molecule has 0 fully saturated rings. The molecule has 7 nitrogen and oxygen atoms in total. The normalized spacial score (nSPS) is 13.1. The number of ether oxygens (including phenoxy) is 1. The SMILES string of the molecule is COc1cc2c(cc1Nc1ncc(Cl)c(Nc3ccc(O)cc3P(C)C)n1)CNCC2. The summed E-state index contributed by atoms with van der Waals surface area (Å²) in [6, 6.07) is 9.39. The average Bonchev–Trinajstić information content (AvgIpc) is 2.76. The number of rotatable bonds is 6. The minimum Gasteiger partial charge on any atom is -0.508 e. The van der Waals surface area contributed by atoms with E-state index in [0.29, 0.717) is 16.8 Å². The highest BCUT2D eigenvalue weighted by Gasteiger charge is 2.16. The Morgan fingerprint density at radius 1 is 1.13 bits per heavy atom. The van der Waals surface area contributed by atoms with Crippen molar-refractivity contribution in [3.05, 3.63) is 52.7 Å². The number of aromatic nitrogens is 2. The summed E-state index contributed by atoms with van der Waals surface area (Å²) < 4.78 is 5.58. The van der Waals surface area contributed by atoms with Gasteiger partial charge in [0, 0.05) is 17.5 Å². The molecule has 9 heteroatoms. The summed E-state index contributed by atoms with van der Waals surface area (Å²) >= 11 is 6.37. The quantitative estimate of drug-likeness (QED) is 0.323. The Hall–Kier alpha value is -2.60. The first kappa shape index (κ1) is 21.6. The van der Waals surface area contributed by atoms with Crippen molar-refractivity contribution in [3.63, 3.8) is 0 Å². The predicted molar refractivity (Wildman–Crippen MR) is 129 cm³/mol. The molecule has 1 aliphatic heterocycles. The molecular formula is C22H25ClN5O2P. The summed E-state index contributed by atoms with van der Waals surface area (Å²) in [4.78, 5) is 8.92. The fourth-order valence-corrected chi connectivity index (χ4v) is 4.68. The fourth-order valence-electron chi connectivity index (χ4n) is 3.54. The lowest BCUT2D eigenvalue weighted by molar-refractivity contribution is 0.415. The maximum Gasteiger partial charge on any atom is 0.229 e. The highest BCUT2D eigenvalue weighted by Crippen LogP contribution is 2.34. The summed E-state index contributed by atoms with van der Waals surface area (Å²) in [5.74, 6) is 1.88. The lowest BCUT2D eigenvalue weighted by Gasteiger charge is -2.20. The van der Waals surface area contributed by atoms with Gasteiger partial charge in [0.25, 0.3) is 0 Å². The molecule has 2 aromatic carbocycles. The zero-order chi connectivity index (χ0) is 22.0. The van der Waals surface area contributed by atoms with Crippen molar-refractivity contribution >= 4 is 48.0 Å². The van der Waals surface area contributed by atoms with Crippen LogP contribution in [0.25, 0.3) is 0 Å². The van der Waals surface area contributed by atoms with Gasteiger partial charge in [0.1, 0.15) is 16.5 Å². The van der Waals surface area contributed by atoms with Gasteiger partial charge in [-0.1, -0.05) is 19.5 Å². The van der Waals surface area contributed by atoms with Crippen LogP contribution in [0.4, 0.5) is 23.1 Å². The molecule has 1 aromatic heterocycles. The topological polar surface area (TPSA) is 91.3 Å². The van der Waals surface area contributed by atoms with Gasteiger partial charge >= 0.3 is 0 Å². The number of phenols is 1. The van der Waals surface area contributed by atoms with Gasteiger partial charge in [-0.2, -0.15) is 4.98 Å². The molecule has 4 rings (SSSR count). The first-order chi connectivity index (χ1) is 14.9. The third-order valence-corrected chi connectivity index (χ3v) is 6.73. The van der Waals surface area contributed by atoms with E-state index >= 15 is 0 Å². The predicted octanol–water partition coefficient (Wildman–Crippen LogP) is 4.34.